The van der Waals surface area contributed by atoms with E-state index in [1.807, 2.05) is 78.9 Å². The van der Waals surface area contributed by atoms with Gasteiger partial charge in [-0.3, -0.25) is 19.1 Å². The fourth-order valence-corrected chi connectivity index (χ4v) is 17.9. The van der Waals surface area contributed by atoms with Crippen molar-refractivity contribution in [1.29, 1.82) is 4.50 Å². The minimum atomic E-state index is -4.34. The number of hydrogen-bond donors (Lipinski definition) is 6. The van der Waals surface area contributed by atoms with Gasteiger partial charge in [-0.2, -0.15) is 95.0 Å². The fourth-order valence-electron chi connectivity index (χ4n) is 16.9. The number of unbranched alkanes of at least 4 members (excludes halogenated alkanes) is 4. The van der Waals surface area contributed by atoms with Crippen molar-refractivity contribution < 1.29 is 114 Å². The Hall–Kier alpha value is -7.15. The molecule has 8 aromatic carbocycles. The van der Waals surface area contributed by atoms with Crippen LogP contribution in [0.3, 0.4) is 0 Å². The van der Waals surface area contributed by atoms with Crippen LogP contribution < -0.4 is 61.6 Å². The molecule has 0 radical (unpaired) electrons. The Balaban J connectivity index is 0.000000255. The van der Waals surface area contributed by atoms with Gasteiger partial charge in [-0.1, -0.05) is 133 Å². The fraction of sp³-hybridized carbons (Fsp3) is 0.423. The molecule has 0 amide bonds. The molecule has 0 fully saturated rings. The third-order valence-corrected chi connectivity index (χ3v) is 27.6. The number of aliphatic imine (C=N–C) groups is 2. The number of aryl methyl sites for hydroxylation is 4. The van der Waals surface area contributed by atoms with Gasteiger partial charge in [0.1, 0.15) is 11.0 Å². The van der Waals surface area contributed by atoms with E-state index < -0.39 is 26.1 Å². The maximum absolute atomic E-state index is 12.0. The molecule has 26 heteroatoms. The third-order valence-electron chi connectivity index (χ3n) is 25.1. The summed E-state index contributed by atoms with van der Waals surface area (Å²) in [5, 5.41) is 4.03. The molecule has 0 bridgehead atoms. The Bertz CT molecular complexity index is 5740. The van der Waals surface area contributed by atoms with Crippen molar-refractivity contribution in [2.24, 2.45) is 9.98 Å². The number of benzene rings is 8. The molecule has 2 N–H and O–H groups in total. The van der Waals surface area contributed by atoms with E-state index in [-0.39, 0.29) is 83.4 Å². The predicted molar refractivity (Wildman–Crippen MR) is 553 cm³/mol. The number of fused-ring (bicyclic) bond motifs is 6. The van der Waals surface area contributed by atoms with Gasteiger partial charge in [0.15, 0.2) is 42.5 Å². The normalized spacial score (nSPS) is 16.5. The molecule has 0 saturated carbocycles. The monoisotopic (exact) mass is 1970 g/mol. The summed E-state index contributed by atoms with van der Waals surface area (Å²) in [6.45, 7) is 50.3. The summed E-state index contributed by atoms with van der Waals surface area (Å²) >= 11 is 7.69. The number of ether oxygens (including phenoxy) is 2. The number of anilines is 2. The largest absolute Gasteiger partial charge is 1.00 e. The van der Waals surface area contributed by atoms with E-state index in [1.165, 1.54) is 102 Å². The van der Waals surface area contributed by atoms with Gasteiger partial charge in [-0.25, -0.2) is 4.99 Å². The molecule has 0 unspecified atom stereocenters. The molecular weight excluding hydrogens is 1830 g/mol. The molecule has 0 saturated heterocycles. The number of allylic oxidation sites excluding steroid dienone is 4. The maximum Gasteiger partial charge on any atom is 1.00 e. The van der Waals surface area contributed by atoms with Crippen molar-refractivity contribution in [3.8, 4) is 0 Å². The Morgan fingerprint density at radius 1 is 0.523 bits per heavy atom. The van der Waals surface area contributed by atoms with Gasteiger partial charge in [0.05, 0.1) is 51.8 Å². The SMILES string of the molecule is C(=Nc1ccccc1)Nc1ccccc1.CC1=Nc2cc[c-]cc2C1(C)C.CC1=[N+](CCCCCOC=O)c2ccc(C)cc2C1(C)C.O=S(=O)=O.[3H]SCCBr.[3H]SCC[N+]1=C(/C=C/C=C2/N(CCCCCOC=O)c3ccc(S(=O)(=O)O)cc3C2(C)C)C(C)(C)c2cc(C)ccc21.[3H]SCC[N+]1=C(C)C(C)(C)c2cc(C)ccc21.[3H]SCC[N+]1=C(C)C(C)(C)c2cc(C)ccc21.[K+]. The minimum Gasteiger partial charge on any atom is -0.468 e. The van der Waals surface area contributed by atoms with Crippen LogP contribution in [0, 0.1) is 33.8 Å². The summed E-state index contributed by atoms with van der Waals surface area (Å²) in [6.07, 6.45) is 13.7. The molecule has 6 aliphatic heterocycles. The van der Waals surface area contributed by atoms with Crippen LogP contribution in [0.5, 0.6) is 0 Å². The van der Waals surface area contributed by atoms with Gasteiger partial charge < -0.3 is 19.7 Å². The first kappa shape index (κ1) is 105. The van der Waals surface area contributed by atoms with Crippen LogP contribution in [-0.2, 0) is 72.3 Å². The van der Waals surface area contributed by atoms with Gasteiger partial charge >= 0.3 is 62.0 Å². The predicted octanol–water partition coefficient (Wildman–Crippen LogP) is 20.1. The van der Waals surface area contributed by atoms with Gasteiger partial charge in [0, 0.05) is 137 Å². The van der Waals surface area contributed by atoms with Crippen LogP contribution in [0.2, 0.25) is 0 Å². The van der Waals surface area contributed by atoms with Gasteiger partial charge in [-0.15, -0.1) is 24.3 Å². The first-order valence-corrected chi connectivity index (χ1v) is 49.8. The number of thiol groups is 4. The first-order chi connectivity index (χ1) is 63.0. The van der Waals surface area contributed by atoms with Crippen molar-refractivity contribution in [3.05, 3.63) is 255 Å². The number of halogens is 1. The second kappa shape index (κ2) is 51.5. The minimum absolute atomic E-state index is 0. The average molecular weight is 1980 g/mol. The van der Waals surface area contributed by atoms with Crippen LogP contribution in [0.25, 0.3) is 0 Å². The van der Waals surface area contributed by atoms with E-state index in [1.54, 1.807) is 18.5 Å². The van der Waals surface area contributed by atoms with Crippen LogP contribution in [0.1, 0.15) is 205 Å². The van der Waals surface area contributed by atoms with Gasteiger partial charge in [-0.05, 0) is 217 Å². The quantitative estimate of drug-likeness (QED) is 0.00229. The summed E-state index contributed by atoms with van der Waals surface area (Å²) < 4.78 is 107. The van der Waals surface area contributed by atoms with E-state index in [0.29, 0.717) is 38.5 Å². The number of hydrogen-bond acceptors (Lipinski definition) is 16. The molecule has 692 valence electrons. The second-order valence-electron chi connectivity index (χ2n) is 35.8. The number of nitrogens with zero attached hydrogens (tertiary/aromatic N) is 7. The van der Waals surface area contributed by atoms with Gasteiger partial charge in [0.2, 0.25) is 22.7 Å². The van der Waals surface area contributed by atoms with E-state index in [9.17, 15) is 22.6 Å². The smallest absolute Gasteiger partial charge is 0.468 e. The van der Waals surface area contributed by atoms with Crippen molar-refractivity contribution in [2.45, 2.75) is 214 Å². The third kappa shape index (κ3) is 29.0. The zero-order chi connectivity index (χ0) is 98.2. The second-order valence-corrected chi connectivity index (χ2v) is 40.1. The first-order valence-electron chi connectivity index (χ1n) is 45.6. The van der Waals surface area contributed by atoms with Crippen LogP contribution in [0.15, 0.2) is 209 Å². The van der Waals surface area contributed by atoms with E-state index in [4.69, 9.17) is 26.6 Å². The molecule has 6 aliphatic rings. The number of carbonyl (C=O) groups excluding carboxylic acids is 2. The van der Waals surface area contributed by atoms with Crippen molar-refractivity contribution in [2.75, 3.05) is 84.5 Å². The molecule has 0 atom stereocenters. The summed E-state index contributed by atoms with van der Waals surface area (Å²) in [7, 11) is -7.45. The van der Waals surface area contributed by atoms with E-state index in [2.05, 4.69) is 290 Å². The number of carbonyl (C=O) groups is 2. The molecule has 130 heavy (non-hydrogen) atoms. The molecule has 0 aromatic heterocycles. The molecule has 14 rings (SSSR count). The van der Waals surface area contributed by atoms with E-state index in [0.717, 1.165) is 177 Å². The number of para-hydroxylation sites is 2. The summed E-state index contributed by atoms with van der Waals surface area (Å²) in [5.74, 6) is 3.27. The van der Waals surface area contributed by atoms with Crippen molar-refractivity contribution >= 4 is 180 Å². The Morgan fingerprint density at radius 3 is 1.40 bits per heavy atom. The molecular formula is C104H136BrKN8O10S6+4. The van der Waals surface area contributed by atoms with Crippen molar-refractivity contribution in [1.82, 2.24) is 0 Å². The topological polar surface area (TPSA) is 210 Å². The Labute approximate surface area is 854 Å². The molecule has 18 nitrogen and oxygen atoms in total. The van der Waals surface area contributed by atoms with Gasteiger partial charge in [0.25, 0.3) is 23.1 Å². The van der Waals surface area contributed by atoms with E-state index >= 15 is 0 Å². The summed E-state index contributed by atoms with van der Waals surface area (Å²) in [6, 6.07) is 60.3. The molecule has 6 heterocycles. The average Bonchev–Trinajstić information content (AvgIpc) is 1.59. The maximum atomic E-state index is 12.0. The van der Waals surface area contributed by atoms with Crippen LogP contribution >= 0.6 is 66.1 Å². The summed E-state index contributed by atoms with van der Waals surface area (Å²) in [4.78, 5) is 31.4. The Morgan fingerprint density at radius 2 is 0.962 bits per heavy atom. The van der Waals surface area contributed by atoms with Crippen molar-refractivity contribution in [3.63, 3.8) is 0 Å². The molecule has 0 spiro atoms. The molecule has 8 aromatic rings. The van der Waals surface area contributed by atoms with Crippen LogP contribution in [-0.4, -0.2) is 171 Å². The standard InChI is InChI=1S/C32H40N2O5S2.C18H26NO2.2C14H19NS.C13H12N2.C11H12N.C2H5BrS.K.O3S/c1-23-12-14-27-25(20-23)31(2,3)30(34(27)17-19-40)11-9-10-29-32(4,5)26-21-24(41(36,37)38)13-15-28(26)33(29)16-7-6-8-18-39-22-35;1-14-8-9-17-16(12-14)18(3,4)15(2)19(17)10-6-5-7-11-21-13-20;2*1-10-5-6-13-12(9-10)14(3,4)11(2)15(13)7-8-16;1-3-7-12(8-4-1)14-11-15-13-9-5-2-6-10-13;1-8-11(2,3)9-6-4-5-7-10(9)12-8;3-1-2-4;;1-4(2)3/h9-15,20-22H,6-8,16-19H2,1-5H3,(H-,36,37,38,40);8-9,12-13H,5-7,10-11H2,1-4H3;2*5-6,9H,7-8H2,1-4H3;1-11H,(H,14,15);5-7H,1-3H3;4H,1-2H2;;/q;+1;;;;-1;;+1;/p+3/i/hT4. The number of alkyl halides is 1. The zero-order valence-electron chi connectivity index (χ0n) is 83.9. The summed E-state index contributed by atoms with van der Waals surface area (Å²) in [5.41, 5.74) is 29.4. The molecule has 0 aliphatic carbocycles. The Kier molecular flexibility index (Phi) is 41.6. The van der Waals surface area contributed by atoms with Crippen LogP contribution in [0.4, 0.5) is 45.5 Å². The number of rotatable bonds is 31. The number of nitrogens with one attached hydrogen (secondary N) is 1. The zero-order valence-corrected chi connectivity index (χ0v) is 89.5.